The molecule has 0 fully saturated rings. The summed E-state index contributed by atoms with van der Waals surface area (Å²) in [5, 5.41) is 0. The monoisotopic (exact) mass is 204 g/mol. The third-order valence-electron chi connectivity index (χ3n) is 2.10. The molecule has 0 aliphatic rings. The summed E-state index contributed by atoms with van der Waals surface area (Å²) >= 11 is 0. The molecule has 1 aromatic rings. The van der Waals surface area contributed by atoms with Crippen molar-refractivity contribution in [2.24, 2.45) is 0 Å². The molecule has 0 aromatic heterocycles. The average molecular weight is 204 g/mol. The molecule has 0 bridgehead atoms. The molecule has 0 spiro atoms. The highest BCUT2D eigenvalue weighted by Crippen LogP contribution is 2.17. The minimum atomic E-state index is -0.266. The van der Waals surface area contributed by atoms with Gasteiger partial charge in [0.1, 0.15) is 0 Å². The van der Waals surface area contributed by atoms with Gasteiger partial charge in [0.15, 0.2) is 0 Å². The summed E-state index contributed by atoms with van der Waals surface area (Å²) in [6, 6.07) is 9.87. The zero-order valence-corrected chi connectivity index (χ0v) is 9.19. The van der Waals surface area contributed by atoms with Gasteiger partial charge in [0.25, 0.3) is 0 Å². The number of allylic oxidation sites excluding steroid dienone is 1. The minimum absolute atomic E-state index is 0.266. The maximum Gasteiger partial charge on any atom is 0.331 e. The maximum absolute atomic E-state index is 11.3. The lowest BCUT2D eigenvalue weighted by Gasteiger charge is -2.04. The first kappa shape index (κ1) is 11.5. The quantitative estimate of drug-likeness (QED) is 0.556. The number of hydrogen-bond acceptors (Lipinski definition) is 2. The number of carbonyl (C=O) groups is 1. The van der Waals surface area contributed by atoms with Crippen LogP contribution in [0.25, 0.3) is 5.57 Å². The van der Waals surface area contributed by atoms with Crippen molar-refractivity contribution in [1.29, 1.82) is 0 Å². The van der Waals surface area contributed by atoms with E-state index in [2.05, 4.69) is 0 Å². The van der Waals surface area contributed by atoms with Gasteiger partial charge in [-0.25, -0.2) is 4.79 Å². The lowest BCUT2D eigenvalue weighted by atomic mass is 10.0. The van der Waals surface area contributed by atoms with Crippen LogP contribution < -0.4 is 0 Å². The van der Waals surface area contributed by atoms with Gasteiger partial charge in [-0.2, -0.15) is 0 Å². The Morgan fingerprint density at radius 3 is 2.47 bits per heavy atom. The smallest absolute Gasteiger partial charge is 0.331 e. The molecule has 15 heavy (non-hydrogen) atoms. The summed E-state index contributed by atoms with van der Waals surface area (Å²) in [6.07, 6.45) is 2.39. The van der Waals surface area contributed by atoms with Gasteiger partial charge in [-0.3, -0.25) is 0 Å². The molecular formula is C13H16O2. The number of benzene rings is 1. The molecule has 0 saturated heterocycles. The van der Waals surface area contributed by atoms with Crippen LogP contribution in [0.4, 0.5) is 0 Å². The van der Waals surface area contributed by atoms with Crippen LogP contribution in [0.1, 0.15) is 25.8 Å². The van der Waals surface area contributed by atoms with E-state index in [0.29, 0.717) is 6.61 Å². The molecule has 1 aromatic carbocycles. The lowest BCUT2D eigenvalue weighted by molar-refractivity contribution is -0.137. The van der Waals surface area contributed by atoms with Crippen molar-refractivity contribution < 1.29 is 9.53 Å². The van der Waals surface area contributed by atoms with Gasteiger partial charge in [0.05, 0.1) is 6.61 Å². The van der Waals surface area contributed by atoms with E-state index in [-0.39, 0.29) is 5.97 Å². The topological polar surface area (TPSA) is 26.3 Å². The summed E-state index contributed by atoms with van der Waals surface area (Å²) in [7, 11) is 0. The highest BCUT2D eigenvalue weighted by atomic mass is 16.5. The zero-order valence-electron chi connectivity index (χ0n) is 9.19. The van der Waals surface area contributed by atoms with E-state index < -0.39 is 0 Å². The van der Waals surface area contributed by atoms with E-state index in [1.54, 1.807) is 13.0 Å². The third kappa shape index (κ3) is 3.58. The van der Waals surface area contributed by atoms with Crippen LogP contribution in [0.3, 0.4) is 0 Å². The molecule has 0 unspecified atom stereocenters. The van der Waals surface area contributed by atoms with Crippen molar-refractivity contribution in [3.8, 4) is 0 Å². The molecule has 80 valence electrons. The van der Waals surface area contributed by atoms with Crippen LogP contribution in [-0.4, -0.2) is 12.6 Å². The van der Waals surface area contributed by atoms with Crippen molar-refractivity contribution in [2.75, 3.05) is 6.61 Å². The molecule has 0 atom stereocenters. The van der Waals surface area contributed by atoms with Gasteiger partial charge >= 0.3 is 5.97 Å². The van der Waals surface area contributed by atoms with Gasteiger partial charge in [-0.1, -0.05) is 37.3 Å². The largest absolute Gasteiger partial charge is 0.463 e. The Morgan fingerprint density at radius 2 is 1.93 bits per heavy atom. The van der Waals surface area contributed by atoms with Crippen LogP contribution in [0.15, 0.2) is 36.4 Å². The summed E-state index contributed by atoms with van der Waals surface area (Å²) in [4.78, 5) is 11.3. The van der Waals surface area contributed by atoms with Crippen LogP contribution in [0.5, 0.6) is 0 Å². The molecule has 0 saturated carbocycles. The Hall–Kier alpha value is -1.57. The fourth-order valence-corrected chi connectivity index (χ4v) is 1.37. The van der Waals surface area contributed by atoms with Crippen LogP contribution in [0.2, 0.25) is 0 Å². The zero-order chi connectivity index (χ0) is 11.1. The van der Waals surface area contributed by atoms with E-state index >= 15 is 0 Å². The van der Waals surface area contributed by atoms with E-state index in [4.69, 9.17) is 4.74 Å². The first-order valence-corrected chi connectivity index (χ1v) is 5.20. The predicted octanol–water partition coefficient (Wildman–Crippen LogP) is 3.04. The molecule has 0 radical (unpaired) electrons. The Labute approximate surface area is 90.6 Å². The van der Waals surface area contributed by atoms with Crippen molar-refractivity contribution in [3.05, 3.63) is 42.0 Å². The van der Waals surface area contributed by atoms with Gasteiger partial charge in [-0.05, 0) is 24.5 Å². The number of esters is 1. The van der Waals surface area contributed by atoms with Crippen LogP contribution >= 0.6 is 0 Å². The third-order valence-corrected chi connectivity index (χ3v) is 2.10. The maximum atomic E-state index is 11.3. The fourth-order valence-electron chi connectivity index (χ4n) is 1.37. The SMILES string of the molecule is CCOC(=O)/C=C(\CC)c1ccccc1. The second kappa shape index (κ2) is 6.02. The summed E-state index contributed by atoms with van der Waals surface area (Å²) < 4.78 is 4.88. The Balaban J connectivity index is 2.84. The molecule has 0 amide bonds. The second-order valence-electron chi connectivity index (χ2n) is 3.14. The number of ether oxygens (including phenoxy) is 1. The average Bonchev–Trinajstić information content (AvgIpc) is 2.27. The highest BCUT2D eigenvalue weighted by molar-refractivity contribution is 5.91. The Kier molecular flexibility index (Phi) is 4.61. The minimum Gasteiger partial charge on any atom is -0.463 e. The van der Waals surface area contributed by atoms with E-state index in [1.807, 2.05) is 37.3 Å². The van der Waals surface area contributed by atoms with Gasteiger partial charge < -0.3 is 4.74 Å². The lowest BCUT2D eigenvalue weighted by Crippen LogP contribution is -2.00. The molecule has 1 rings (SSSR count). The Bertz CT molecular complexity index is 339. The van der Waals surface area contributed by atoms with Crippen LogP contribution in [0, 0.1) is 0 Å². The number of rotatable bonds is 4. The second-order valence-corrected chi connectivity index (χ2v) is 3.14. The fraction of sp³-hybridized carbons (Fsp3) is 0.308. The summed E-state index contributed by atoms with van der Waals surface area (Å²) in [5.74, 6) is -0.266. The van der Waals surface area contributed by atoms with Crippen molar-refractivity contribution in [1.82, 2.24) is 0 Å². The van der Waals surface area contributed by atoms with Crippen molar-refractivity contribution in [3.63, 3.8) is 0 Å². The number of carbonyl (C=O) groups excluding carboxylic acids is 1. The van der Waals surface area contributed by atoms with Crippen LogP contribution in [-0.2, 0) is 9.53 Å². The normalized spacial score (nSPS) is 11.2. The van der Waals surface area contributed by atoms with E-state index in [0.717, 1.165) is 17.6 Å². The molecule has 0 N–H and O–H groups in total. The molecule has 0 aliphatic heterocycles. The Morgan fingerprint density at radius 1 is 1.27 bits per heavy atom. The number of hydrogen-bond donors (Lipinski definition) is 0. The predicted molar refractivity (Wildman–Crippen MR) is 61.3 cm³/mol. The first-order chi connectivity index (χ1) is 7.27. The highest BCUT2D eigenvalue weighted by Gasteiger charge is 2.02. The summed E-state index contributed by atoms with van der Waals surface area (Å²) in [6.45, 7) is 4.25. The first-order valence-electron chi connectivity index (χ1n) is 5.20. The molecular weight excluding hydrogens is 188 g/mol. The van der Waals surface area contributed by atoms with E-state index in [9.17, 15) is 4.79 Å². The van der Waals surface area contributed by atoms with Crippen molar-refractivity contribution >= 4 is 11.5 Å². The summed E-state index contributed by atoms with van der Waals surface area (Å²) in [5.41, 5.74) is 2.09. The molecule has 0 heterocycles. The molecule has 0 aliphatic carbocycles. The standard InChI is InChI=1S/C13H16O2/c1-3-11(10-13(14)15-4-2)12-8-6-5-7-9-12/h5-10H,3-4H2,1-2H3/b11-10+. The van der Waals surface area contributed by atoms with Gasteiger partial charge in [-0.15, -0.1) is 0 Å². The molecule has 2 heteroatoms. The van der Waals surface area contributed by atoms with Gasteiger partial charge in [0.2, 0.25) is 0 Å². The van der Waals surface area contributed by atoms with Gasteiger partial charge in [0, 0.05) is 6.08 Å². The van der Waals surface area contributed by atoms with Crippen molar-refractivity contribution in [2.45, 2.75) is 20.3 Å². The molecule has 2 nitrogen and oxygen atoms in total. The van der Waals surface area contributed by atoms with E-state index in [1.165, 1.54) is 0 Å².